The molecule has 0 aliphatic rings. The fourth-order valence-corrected chi connectivity index (χ4v) is 8.90. The summed E-state index contributed by atoms with van der Waals surface area (Å²) < 4.78 is 11.4. The number of fused-ring (bicyclic) bond motifs is 13. The van der Waals surface area contributed by atoms with E-state index in [1.54, 1.807) is 0 Å². The minimum absolute atomic E-state index is 0.651. The molecule has 4 nitrogen and oxygen atoms in total. The van der Waals surface area contributed by atoms with Crippen molar-refractivity contribution in [2.24, 2.45) is 0 Å². The molecule has 0 saturated carbocycles. The summed E-state index contributed by atoms with van der Waals surface area (Å²) >= 11 is 1.81. The van der Waals surface area contributed by atoms with Crippen LogP contribution in [0.4, 0.5) is 0 Å². The summed E-state index contributed by atoms with van der Waals surface area (Å²) in [5.74, 6) is 0.651. The topological polar surface area (TPSA) is 43.9 Å². The highest BCUT2D eigenvalue weighted by atomic mass is 32.1. The van der Waals surface area contributed by atoms with E-state index in [0.717, 1.165) is 65.9 Å². The van der Waals surface area contributed by atoms with Crippen LogP contribution in [-0.4, -0.2) is 14.5 Å². The smallest absolute Gasteiger partial charge is 0.235 e. The lowest BCUT2D eigenvalue weighted by Crippen LogP contribution is -2.03. The van der Waals surface area contributed by atoms with Crippen molar-refractivity contribution < 1.29 is 4.42 Å². The molecular weight excluding hydrogens is 619 g/mol. The Morgan fingerprint density at radius 1 is 0.490 bits per heavy atom. The molecular formula is C44H25N3OS. The maximum atomic E-state index is 6.75. The van der Waals surface area contributed by atoms with Crippen molar-refractivity contribution >= 4 is 86.2 Å². The van der Waals surface area contributed by atoms with Crippen molar-refractivity contribution in [3.8, 4) is 28.3 Å². The Morgan fingerprint density at radius 2 is 1.14 bits per heavy atom. The average molecular weight is 644 g/mol. The summed E-state index contributed by atoms with van der Waals surface area (Å²) in [5.41, 5.74) is 9.23. The Morgan fingerprint density at radius 3 is 2.00 bits per heavy atom. The normalized spacial score (nSPS) is 12.1. The molecule has 0 unspecified atom stereocenters. The van der Waals surface area contributed by atoms with Gasteiger partial charge >= 0.3 is 0 Å². The number of furan rings is 1. The molecule has 5 heteroatoms. The second-order valence-corrected chi connectivity index (χ2v) is 13.6. The Bertz CT molecular complexity index is 3100. The number of benzene rings is 7. The molecule has 0 radical (unpaired) electrons. The van der Waals surface area contributed by atoms with Gasteiger partial charge in [-0.15, -0.1) is 11.3 Å². The third-order valence-electron chi connectivity index (χ3n) is 9.81. The first-order valence-corrected chi connectivity index (χ1v) is 17.2. The molecule has 7 aromatic carbocycles. The standard InChI is InChI=1S/C44H25N3OS/c1-2-12-26(13-3-1)27-22-24-28(25-23-27)40-29-14-4-8-18-33(29)45-44(46-40)47-34-19-9-5-15-30(34)37-38-31-16-6-10-20-35(31)48-42(38)39-32-17-7-11-21-36(32)49-43(39)41(37)47/h1-25H. The van der Waals surface area contributed by atoms with Crippen molar-refractivity contribution in [3.63, 3.8) is 0 Å². The van der Waals surface area contributed by atoms with Crippen LogP contribution in [0.5, 0.6) is 0 Å². The van der Waals surface area contributed by atoms with Gasteiger partial charge in [-0.25, -0.2) is 9.97 Å². The van der Waals surface area contributed by atoms with Crippen LogP contribution >= 0.6 is 11.3 Å². The van der Waals surface area contributed by atoms with Gasteiger partial charge in [-0.05, 0) is 35.4 Å². The summed E-state index contributed by atoms with van der Waals surface area (Å²) in [6.07, 6.45) is 0. The molecule has 49 heavy (non-hydrogen) atoms. The zero-order valence-corrected chi connectivity index (χ0v) is 26.9. The van der Waals surface area contributed by atoms with Gasteiger partial charge in [-0.1, -0.05) is 127 Å². The van der Waals surface area contributed by atoms with Crippen LogP contribution in [0.1, 0.15) is 0 Å². The van der Waals surface area contributed by atoms with E-state index in [1.807, 2.05) is 23.5 Å². The highest BCUT2D eigenvalue weighted by molar-refractivity contribution is 7.27. The molecule has 0 saturated heterocycles. The van der Waals surface area contributed by atoms with E-state index in [0.29, 0.717) is 5.95 Å². The van der Waals surface area contributed by atoms with E-state index >= 15 is 0 Å². The van der Waals surface area contributed by atoms with Gasteiger partial charge in [0.15, 0.2) is 0 Å². The fourth-order valence-electron chi connectivity index (χ4n) is 7.66. The second-order valence-electron chi connectivity index (χ2n) is 12.5. The predicted molar refractivity (Wildman–Crippen MR) is 205 cm³/mol. The van der Waals surface area contributed by atoms with Crippen LogP contribution in [0.25, 0.3) is 103 Å². The fraction of sp³-hybridized carbons (Fsp3) is 0. The maximum absolute atomic E-state index is 6.75. The van der Waals surface area contributed by atoms with Gasteiger partial charge in [-0.3, -0.25) is 4.57 Å². The molecule has 0 fully saturated rings. The molecule has 4 aromatic heterocycles. The lowest BCUT2D eigenvalue weighted by Gasteiger charge is -2.12. The summed E-state index contributed by atoms with van der Waals surface area (Å²) in [6.45, 7) is 0. The molecule has 0 aliphatic carbocycles. The van der Waals surface area contributed by atoms with Crippen LogP contribution in [0.2, 0.25) is 0 Å². The zero-order valence-electron chi connectivity index (χ0n) is 26.1. The lowest BCUT2D eigenvalue weighted by atomic mass is 10.0. The molecule has 0 amide bonds. The molecule has 11 aromatic rings. The van der Waals surface area contributed by atoms with Crippen molar-refractivity contribution in [2.75, 3.05) is 0 Å². The summed E-state index contributed by atoms with van der Waals surface area (Å²) in [6, 6.07) is 53.2. The molecule has 0 spiro atoms. The summed E-state index contributed by atoms with van der Waals surface area (Å²) in [4.78, 5) is 10.7. The molecule has 0 N–H and O–H groups in total. The number of para-hydroxylation sites is 3. The van der Waals surface area contributed by atoms with E-state index < -0.39 is 0 Å². The molecule has 0 bridgehead atoms. The summed E-state index contributed by atoms with van der Waals surface area (Å²) in [7, 11) is 0. The zero-order chi connectivity index (χ0) is 32.1. The van der Waals surface area contributed by atoms with E-state index in [-0.39, 0.29) is 0 Å². The molecule has 0 atom stereocenters. The maximum Gasteiger partial charge on any atom is 0.235 e. The molecule has 11 rings (SSSR count). The SMILES string of the molecule is c1ccc(-c2ccc(-c3nc(-n4c5ccccc5c5c6c7ccccc7oc6c6c7ccccc7sc6c54)nc4ccccc34)cc2)cc1. The van der Waals surface area contributed by atoms with Gasteiger partial charge in [0.05, 0.1) is 26.9 Å². The van der Waals surface area contributed by atoms with Crippen LogP contribution in [0, 0.1) is 0 Å². The minimum Gasteiger partial charge on any atom is -0.455 e. The molecule has 0 aliphatic heterocycles. The highest BCUT2D eigenvalue weighted by Crippen LogP contribution is 2.50. The van der Waals surface area contributed by atoms with Crippen LogP contribution in [0.15, 0.2) is 156 Å². The molecule has 4 heterocycles. The number of thiophene rings is 1. The average Bonchev–Trinajstić information content (AvgIpc) is 3.85. The number of nitrogens with zero attached hydrogens (tertiary/aromatic N) is 3. The Hall–Kier alpha value is -6.30. The Kier molecular flexibility index (Phi) is 5.51. The van der Waals surface area contributed by atoms with Gasteiger partial charge < -0.3 is 4.42 Å². The molecule has 228 valence electrons. The van der Waals surface area contributed by atoms with E-state index in [1.165, 1.54) is 31.3 Å². The third-order valence-corrected chi connectivity index (χ3v) is 11.0. The van der Waals surface area contributed by atoms with Crippen molar-refractivity contribution in [2.45, 2.75) is 0 Å². The van der Waals surface area contributed by atoms with Gasteiger partial charge in [0, 0.05) is 48.0 Å². The van der Waals surface area contributed by atoms with E-state index in [4.69, 9.17) is 14.4 Å². The first-order valence-electron chi connectivity index (χ1n) is 16.4. The second kappa shape index (κ2) is 10.1. The lowest BCUT2D eigenvalue weighted by molar-refractivity contribution is 0.673. The van der Waals surface area contributed by atoms with E-state index in [2.05, 4.69) is 144 Å². The van der Waals surface area contributed by atoms with Crippen LogP contribution in [-0.2, 0) is 0 Å². The van der Waals surface area contributed by atoms with Gasteiger partial charge in [-0.2, -0.15) is 0 Å². The van der Waals surface area contributed by atoms with Gasteiger partial charge in [0.25, 0.3) is 0 Å². The first kappa shape index (κ1) is 26.7. The number of aromatic nitrogens is 3. The quantitative estimate of drug-likeness (QED) is 0.192. The van der Waals surface area contributed by atoms with Crippen molar-refractivity contribution in [1.29, 1.82) is 0 Å². The van der Waals surface area contributed by atoms with Gasteiger partial charge in [0.2, 0.25) is 5.95 Å². The third kappa shape index (κ3) is 3.79. The first-order chi connectivity index (χ1) is 24.3. The van der Waals surface area contributed by atoms with Crippen LogP contribution in [0.3, 0.4) is 0 Å². The number of hydrogen-bond donors (Lipinski definition) is 0. The Balaban J connectivity index is 1.29. The largest absolute Gasteiger partial charge is 0.455 e. The number of hydrogen-bond acceptors (Lipinski definition) is 4. The Labute approximate surface area is 284 Å². The van der Waals surface area contributed by atoms with Gasteiger partial charge in [0.1, 0.15) is 11.2 Å². The van der Waals surface area contributed by atoms with E-state index in [9.17, 15) is 0 Å². The van der Waals surface area contributed by atoms with Crippen molar-refractivity contribution in [3.05, 3.63) is 152 Å². The number of rotatable bonds is 3. The van der Waals surface area contributed by atoms with Crippen LogP contribution < -0.4 is 0 Å². The summed E-state index contributed by atoms with van der Waals surface area (Å²) in [5, 5.41) is 7.92. The predicted octanol–water partition coefficient (Wildman–Crippen LogP) is 12.3. The van der Waals surface area contributed by atoms with Crippen molar-refractivity contribution in [1.82, 2.24) is 14.5 Å². The minimum atomic E-state index is 0.651. The highest BCUT2D eigenvalue weighted by Gasteiger charge is 2.26. The monoisotopic (exact) mass is 643 g/mol.